The van der Waals surface area contributed by atoms with Crippen LogP contribution in [0.5, 0.6) is 0 Å². The van der Waals surface area contributed by atoms with Crippen molar-refractivity contribution in [2.24, 2.45) is 0 Å². The van der Waals surface area contributed by atoms with Crippen molar-refractivity contribution < 1.29 is 13.2 Å². The Bertz CT molecular complexity index is 744. The number of carbonyl (C=O) groups is 1. The zero-order valence-corrected chi connectivity index (χ0v) is 14.6. The maximum absolute atomic E-state index is 13.0. The maximum Gasteiger partial charge on any atom is 0.256 e. The lowest BCUT2D eigenvalue weighted by atomic mass is 10.1. The lowest BCUT2D eigenvalue weighted by Crippen LogP contribution is -2.41. The average molecular weight is 336 g/mol. The van der Waals surface area contributed by atoms with E-state index in [4.69, 9.17) is 0 Å². The van der Waals surface area contributed by atoms with Gasteiger partial charge in [0.05, 0.1) is 17.1 Å². The van der Waals surface area contributed by atoms with Gasteiger partial charge in [0, 0.05) is 30.0 Å². The van der Waals surface area contributed by atoms with Crippen LogP contribution in [0.4, 0.5) is 0 Å². The predicted molar refractivity (Wildman–Crippen MR) is 90.5 cm³/mol. The standard InChI is InChI=1S/C17H24N2O3S/c1-4-8-18(15-7-9-23(21,22)11-15)17(20)16-10-12(2)19(13(16)3)14-5-6-14/h4,10,14-15H,1,5-9,11H2,2-3H3/t15-/m0/s1. The molecule has 0 unspecified atom stereocenters. The summed E-state index contributed by atoms with van der Waals surface area (Å²) in [7, 11) is -3.02. The van der Waals surface area contributed by atoms with E-state index in [0.717, 1.165) is 11.4 Å². The zero-order valence-electron chi connectivity index (χ0n) is 13.8. The summed E-state index contributed by atoms with van der Waals surface area (Å²) in [4.78, 5) is 14.7. The molecule has 1 saturated carbocycles. The van der Waals surface area contributed by atoms with Gasteiger partial charge < -0.3 is 9.47 Å². The number of aromatic nitrogens is 1. The Morgan fingerprint density at radius 3 is 2.61 bits per heavy atom. The Labute approximate surface area is 137 Å². The molecule has 126 valence electrons. The van der Waals surface area contributed by atoms with Crippen molar-refractivity contribution in [1.29, 1.82) is 0 Å². The first-order valence-corrected chi connectivity index (χ1v) is 9.97. The molecular weight excluding hydrogens is 312 g/mol. The van der Waals surface area contributed by atoms with Crippen LogP contribution in [0.1, 0.15) is 47.1 Å². The Morgan fingerprint density at radius 1 is 1.39 bits per heavy atom. The molecule has 6 heteroatoms. The summed E-state index contributed by atoms with van der Waals surface area (Å²) < 4.78 is 25.8. The molecule has 2 heterocycles. The van der Waals surface area contributed by atoms with Crippen LogP contribution in [0.25, 0.3) is 0 Å². The van der Waals surface area contributed by atoms with Crippen LogP contribution in [0, 0.1) is 13.8 Å². The van der Waals surface area contributed by atoms with Crippen molar-refractivity contribution >= 4 is 15.7 Å². The first-order valence-electron chi connectivity index (χ1n) is 8.15. The van der Waals surface area contributed by atoms with E-state index in [2.05, 4.69) is 11.1 Å². The third-order valence-corrected chi connectivity index (χ3v) is 6.61. The summed E-state index contributed by atoms with van der Waals surface area (Å²) in [6.45, 7) is 8.11. The highest BCUT2D eigenvalue weighted by Gasteiger charge is 2.36. The van der Waals surface area contributed by atoms with Gasteiger partial charge in [-0.05, 0) is 39.2 Å². The quantitative estimate of drug-likeness (QED) is 0.775. The predicted octanol–water partition coefficient (Wildman–Crippen LogP) is 2.26. The van der Waals surface area contributed by atoms with Crippen LogP contribution < -0.4 is 0 Å². The van der Waals surface area contributed by atoms with E-state index in [9.17, 15) is 13.2 Å². The van der Waals surface area contributed by atoms with E-state index >= 15 is 0 Å². The van der Waals surface area contributed by atoms with Crippen LogP contribution in [0.15, 0.2) is 18.7 Å². The normalized spacial score (nSPS) is 23.0. The molecule has 0 N–H and O–H groups in total. The fraction of sp³-hybridized carbons (Fsp3) is 0.588. The van der Waals surface area contributed by atoms with Gasteiger partial charge in [0.25, 0.3) is 5.91 Å². The molecule has 1 aromatic rings. The highest BCUT2D eigenvalue weighted by molar-refractivity contribution is 7.91. The highest BCUT2D eigenvalue weighted by Crippen LogP contribution is 2.38. The molecule has 1 aliphatic heterocycles. The summed E-state index contributed by atoms with van der Waals surface area (Å²) in [6, 6.07) is 2.22. The molecule has 1 aliphatic carbocycles. The van der Waals surface area contributed by atoms with E-state index in [1.807, 2.05) is 19.9 Å². The van der Waals surface area contributed by atoms with E-state index in [-0.39, 0.29) is 23.5 Å². The third-order valence-electron chi connectivity index (χ3n) is 4.86. The van der Waals surface area contributed by atoms with Crippen molar-refractivity contribution in [3.8, 4) is 0 Å². The molecule has 0 aromatic carbocycles. The van der Waals surface area contributed by atoms with Gasteiger partial charge in [0.1, 0.15) is 0 Å². The van der Waals surface area contributed by atoms with Gasteiger partial charge in [-0.15, -0.1) is 6.58 Å². The molecule has 1 amide bonds. The maximum atomic E-state index is 13.0. The number of hydrogen-bond donors (Lipinski definition) is 0. The van der Waals surface area contributed by atoms with Crippen molar-refractivity contribution in [1.82, 2.24) is 9.47 Å². The van der Waals surface area contributed by atoms with Gasteiger partial charge in [-0.1, -0.05) is 6.08 Å². The van der Waals surface area contributed by atoms with Crippen LogP contribution >= 0.6 is 0 Å². The Balaban J connectivity index is 1.90. The molecule has 1 saturated heterocycles. The summed E-state index contributed by atoms with van der Waals surface area (Å²) in [5.41, 5.74) is 2.79. The van der Waals surface area contributed by atoms with Crippen molar-refractivity contribution in [2.75, 3.05) is 18.1 Å². The van der Waals surface area contributed by atoms with E-state index in [0.29, 0.717) is 24.6 Å². The molecule has 2 aliphatic rings. The third kappa shape index (κ3) is 3.09. The number of nitrogens with zero attached hydrogens (tertiary/aromatic N) is 2. The Hall–Kier alpha value is -1.56. The van der Waals surface area contributed by atoms with Gasteiger partial charge in [-0.2, -0.15) is 0 Å². The first kappa shape index (κ1) is 16.3. The van der Waals surface area contributed by atoms with E-state index < -0.39 is 9.84 Å². The second-order valence-electron chi connectivity index (χ2n) is 6.69. The Morgan fingerprint density at radius 2 is 2.09 bits per heavy atom. The molecule has 1 aromatic heterocycles. The minimum absolute atomic E-state index is 0.0634. The monoisotopic (exact) mass is 336 g/mol. The second kappa shape index (κ2) is 5.82. The lowest BCUT2D eigenvalue weighted by molar-refractivity contribution is 0.0720. The molecule has 5 nitrogen and oxygen atoms in total. The number of hydrogen-bond acceptors (Lipinski definition) is 3. The summed E-state index contributed by atoms with van der Waals surface area (Å²) >= 11 is 0. The van der Waals surface area contributed by atoms with Crippen molar-refractivity contribution in [2.45, 2.75) is 45.2 Å². The molecule has 23 heavy (non-hydrogen) atoms. The zero-order chi connectivity index (χ0) is 16.8. The number of carbonyl (C=O) groups excluding carboxylic acids is 1. The first-order chi connectivity index (χ1) is 10.8. The highest BCUT2D eigenvalue weighted by atomic mass is 32.2. The summed E-state index contributed by atoms with van der Waals surface area (Å²) in [6.07, 6.45) is 4.52. The second-order valence-corrected chi connectivity index (χ2v) is 8.92. The lowest BCUT2D eigenvalue weighted by Gasteiger charge is -2.27. The largest absolute Gasteiger partial charge is 0.345 e. The van der Waals surface area contributed by atoms with E-state index in [1.54, 1.807) is 11.0 Å². The van der Waals surface area contributed by atoms with Gasteiger partial charge in [-0.3, -0.25) is 4.79 Å². The smallest absolute Gasteiger partial charge is 0.256 e. The van der Waals surface area contributed by atoms with Crippen LogP contribution in [-0.4, -0.2) is 47.9 Å². The average Bonchev–Trinajstić information content (AvgIpc) is 3.18. The minimum atomic E-state index is -3.02. The van der Waals surface area contributed by atoms with Gasteiger partial charge in [0.2, 0.25) is 0 Å². The summed E-state index contributed by atoms with van der Waals surface area (Å²) in [5, 5.41) is 0. The molecule has 3 rings (SSSR count). The SMILES string of the molecule is C=CCN(C(=O)c1cc(C)n(C2CC2)c1C)[C@H]1CCS(=O)(=O)C1. The molecule has 0 bridgehead atoms. The van der Waals surface area contributed by atoms with Crippen LogP contribution in [-0.2, 0) is 9.84 Å². The molecular formula is C17H24N2O3S. The molecule has 1 atom stereocenters. The van der Waals surface area contributed by atoms with Crippen LogP contribution in [0.2, 0.25) is 0 Å². The number of rotatable bonds is 5. The fourth-order valence-electron chi connectivity index (χ4n) is 3.60. The van der Waals surface area contributed by atoms with Crippen LogP contribution in [0.3, 0.4) is 0 Å². The van der Waals surface area contributed by atoms with Gasteiger partial charge in [0.15, 0.2) is 9.84 Å². The minimum Gasteiger partial charge on any atom is -0.345 e. The summed E-state index contributed by atoms with van der Waals surface area (Å²) in [5.74, 6) is 0.153. The van der Waals surface area contributed by atoms with Gasteiger partial charge >= 0.3 is 0 Å². The van der Waals surface area contributed by atoms with Gasteiger partial charge in [-0.25, -0.2) is 8.42 Å². The topological polar surface area (TPSA) is 59.4 Å². The molecule has 0 spiro atoms. The Kier molecular flexibility index (Phi) is 4.12. The molecule has 2 fully saturated rings. The van der Waals surface area contributed by atoms with Crippen molar-refractivity contribution in [3.63, 3.8) is 0 Å². The number of sulfone groups is 1. The number of amides is 1. The fourth-order valence-corrected chi connectivity index (χ4v) is 5.33. The number of aryl methyl sites for hydroxylation is 1. The van der Waals surface area contributed by atoms with E-state index in [1.165, 1.54) is 12.8 Å². The van der Waals surface area contributed by atoms with Crippen molar-refractivity contribution in [3.05, 3.63) is 35.7 Å². The molecule has 0 radical (unpaired) electrons.